The summed E-state index contributed by atoms with van der Waals surface area (Å²) in [5.74, 6) is 0.376. The topological polar surface area (TPSA) is 32.6 Å². The SMILES string of the molecule is C=CC[N+]1(C)C[C@@H](C)/C(=N/O)C[C@@H]1C. The normalized spacial score (nSPS) is 41.2. The highest BCUT2D eigenvalue weighted by molar-refractivity contribution is 5.86. The van der Waals surface area contributed by atoms with E-state index in [9.17, 15) is 0 Å². The predicted octanol–water partition coefficient (Wildman–Crippen LogP) is 1.88. The Balaban J connectivity index is 2.80. The Kier molecular flexibility index (Phi) is 3.32. The van der Waals surface area contributed by atoms with Crippen molar-refractivity contribution in [3.8, 4) is 0 Å². The number of nitrogens with zero attached hydrogens (tertiary/aromatic N) is 2. The minimum atomic E-state index is 0.376. The van der Waals surface area contributed by atoms with Crippen LogP contribution in [0, 0.1) is 5.92 Å². The molecule has 0 saturated carbocycles. The van der Waals surface area contributed by atoms with Gasteiger partial charge in [0.1, 0.15) is 0 Å². The number of rotatable bonds is 2. The summed E-state index contributed by atoms with van der Waals surface area (Å²) in [5.41, 5.74) is 0.942. The molecule has 0 spiro atoms. The Bertz CT molecular complexity index is 250. The van der Waals surface area contributed by atoms with Crippen LogP contribution in [0.4, 0.5) is 0 Å². The molecule has 0 radical (unpaired) electrons. The second kappa shape index (κ2) is 4.13. The van der Waals surface area contributed by atoms with E-state index in [4.69, 9.17) is 5.21 Å². The van der Waals surface area contributed by atoms with E-state index in [0.717, 1.165) is 29.7 Å². The maximum absolute atomic E-state index is 8.84. The van der Waals surface area contributed by atoms with Gasteiger partial charge in [0.25, 0.3) is 0 Å². The summed E-state index contributed by atoms with van der Waals surface area (Å²) in [7, 11) is 2.25. The zero-order valence-electron chi connectivity index (χ0n) is 9.40. The van der Waals surface area contributed by atoms with Crippen LogP contribution in [0.3, 0.4) is 0 Å². The van der Waals surface area contributed by atoms with Gasteiger partial charge in [-0.05, 0) is 13.0 Å². The van der Waals surface area contributed by atoms with Crippen LogP contribution in [0.1, 0.15) is 20.3 Å². The Labute approximate surface area is 86.3 Å². The highest BCUT2D eigenvalue weighted by Gasteiger charge is 2.38. The fraction of sp³-hybridized carbons (Fsp3) is 0.727. The number of quaternary nitrogens is 1. The summed E-state index contributed by atoms with van der Waals surface area (Å²) in [6, 6.07) is 0.509. The van der Waals surface area contributed by atoms with Gasteiger partial charge in [0.05, 0.1) is 31.9 Å². The minimum Gasteiger partial charge on any atom is -0.411 e. The first-order chi connectivity index (χ1) is 6.53. The van der Waals surface area contributed by atoms with Crippen molar-refractivity contribution in [2.24, 2.45) is 11.1 Å². The quantitative estimate of drug-likeness (QED) is 0.312. The smallest absolute Gasteiger partial charge is 0.0971 e. The van der Waals surface area contributed by atoms with E-state index < -0.39 is 0 Å². The molecular formula is C11H21N2O+. The maximum atomic E-state index is 8.84. The van der Waals surface area contributed by atoms with Crippen LogP contribution >= 0.6 is 0 Å². The lowest BCUT2D eigenvalue weighted by Gasteiger charge is -2.45. The summed E-state index contributed by atoms with van der Waals surface area (Å²) in [6.45, 7) is 10.2. The average molecular weight is 197 g/mol. The molecule has 1 aliphatic heterocycles. The fourth-order valence-corrected chi connectivity index (χ4v) is 2.32. The van der Waals surface area contributed by atoms with Gasteiger partial charge in [0.2, 0.25) is 0 Å². The van der Waals surface area contributed by atoms with Crippen LogP contribution in [0.5, 0.6) is 0 Å². The molecule has 3 atom stereocenters. The lowest BCUT2D eigenvalue weighted by atomic mass is 9.90. The molecule has 0 aromatic carbocycles. The van der Waals surface area contributed by atoms with Crippen LogP contribution < -0.4 is 0 Å². The summed E-state index contributed by atoms with van der Waals surface area (Å²) in [6.07, 6.45) is 2.87. The zero-order valence-corrected chi connectivity index (χ0v) is 9.40. The third-order valence-electron chi connectivity index (χ3n) is 3.50. The van der Waals surface area contributed by atoms with E-state index in [1.165, 1.54) is 0 Å². The molecule has 0 aromatic rings. The van der Waals surface area contributed by atoms with Gasteiger partial charge in [-0.15, -0.1) is 0 Å². The van der Waals surface area contributed by atoms with Gasteiger partial charge in [-0.3, -0.25) is 0 Å². The number of oxime groups is 1. The van der Waals surface area contributed by atoms with Crippen molar-refractivity contribution >= 4 is 5.71 Å². The van der Waals surface area contributed by atoms with Crippen molar-refractivity contribution in [2.75, 3.05) is 20.1 Å². The summed E-state index contributed by atoms with van der Waals surface area (Å²) in [4.78, 5) is 0. The Morgan fingerprint density at radius 3 is 2.79 bits per heavy atom. The van der Waals surface area contributed by atoms with E-state index in [1.807, 2.05) is 6.08 Å². The molecule has 1 saturated heterocycles. The first-order valence-electron chi connectivity index (χ1n) is 5.19. The monoisotopic (exact) mass is 197 g/mol. The van der Waals surface area contributed by atoms with Crippen molar-refractivity contribution in [2.45, 2.75) is 26.3 Å². The molecular weight excluding hydrogens is 176 g/mol. The second-order valence-electron chi connectivity index (χ2n) is 4.68. The van der Waals surface area contributed by atoms with Gasteiger partial charge >= 0.3 is 0 Å². The minimum absolute atomic E-state index is 0.376. The molecule has 80 valence electrons. The van der Waals surface area contributed by atoms with E-state index >= 15 is 0 Å². The largest absolute Gasteiger partial charge is 0.411 e. The summed E-state index contributed by atoms with van der Waals surface area (Å²) >= 11 is 0. The molecule has 3 heteroatoms. The zero-order chi connectivity index (χ0) is 10.8. The van der Waals surface area contributed by atoms with Crippen molar-refractivity contribution in [3.63, 3.8) is 0 Å². The molecule has 1 fully saturated rings. The molecule has 0 aliphatic carbocycles. The van der Waals surface area contributed by atoms with Gasteiger partial charge in [-0.2, -0.15) is 0 Å². The standard InChI is InChI=1S/C11H20N2O/c1-5-6-13(4)8-9(2)11(12-14)7-10(13)3/h5,9-10H,1,6-8H2,2-4H3/p+1/b12-11+/t9-,10+,13?/m1/s1. The van der Waals surface area contributed by atoms with E-state index in [-0.39, 0.29) is 0 Å². The second-order valence-corrected chi connectivity index (χ2v) is 4.68. The predicted molar refractivity (Wildman–Crippen MR) is 58.6 cm³/mol. The average Bonchev–Trinajstić information content (AvgIpc) is 2.11. The van der Waals surface area contributed by atoms with E-state index in [0.29, 0.717) is 12.0 Å². The number of piperidine rings is 1. The fourth-order valence-electron chi connectivity index (χ4n) is 2.32. The molecule has 0 amide bonds. The highest BCUT2D eigenvalue weighted by atomic mass is 16.4. The first kappa shape index (κ1) is 11.2. The van der Waals surface area contributed by atoms with Crippen LogP contribution in [-0.4, -0.2) is 41.6 Å². The van der Waals surface area contributed by atoms with Crippen molar-refractivity contribution in [3.05, 3.63) is 12.7 Å². The molecule has 3 nitrogen and oxygen atoms in total. The Morgan fingerprint density at radius 2 is 2.29 bits per heavy atom. The third kappa shape index (κ3) is 1.98. The molecule has 1 heterocycles. The number of hydrogen-bond donors (Lipinski definition) is 1. The van der Waals surface area contributed by atoms with Crippen molar-refractivity contribution in [1.29, 1.82) is 0 Å². The lowest BCUT2D eigenvalue weighted by molar-refractivity contribution is -0.930. The highest BCUT2D eigenvalue weighted by Crippen LogP contribution is 2.25. The van der Waals surface area contributed by atoms with Gasteiger partial charge < -0.3 is 9.69 Å². The van der Waals surface area contributed by atoms with Crippen LogP contribution in [0.15, 0.2) is 17.8 Å². The molecule has 1 N–H and O–H groups in total. The number of likely N-dealkylation sites (tertiary alicyclic amines) is 1. The van der Waals surface area contributed by atoms with E-state index in [2.05, 4.69) is 32.6 Å². The van der Waals surface area contributed by atoms with Gasteiger partial charge in [0, 0.05) is 12.3 Å². The summed E-state index contributed by atoms with van der Waals surface area (Å²) < 4.78 is 1.00. The van der Waals surface area contributed by atoms with Gasteiger partial charge in [-0.25, -0.2) is 0 Å². The van der Waals surface area contributed by atoms with Gasteiger partial charge in [-0.1, -0.05) is 18.7 Å². The van der Waals surface area contributed by atoms with Gasteiger partial charge in [0.15, 0.2) is 0 Å². The molecule has 1 unspecified atom stereocenters. The molecule has 0 bridgehead atoms. The number of likely N-dealkylation sites (N-methyl/N-ethyl adjacent to an activating group) is 1. The summed E-state index contributed by atoms with van der Waals surface area (Å²) in [5, 5.41) is 12.2. The van der Waals surface area contributed by atoms with Crippen LogP contribution in [-0.2, 0) is 0 Å². The van der Waals surface area contributed by atoms with E-state index in [1.54, 1.807) is 0 Å². The maximum Gasteiger partial charge on any atom is 0.0971 e. The van der Waals surface area contributed by atoms with Crippen LogP contribution in [0.2, 0.25) is 0 Å². The molecule has 1 rings (SSSR count). The number of hydrogen-bond acceptors (Lipinski definition) is 2. The first-order valence-corrected chi connectivity index (χ1v) is 5.19. The molecule has 0 aromatic heterocycles. The Morgan fingerprint density at radius 1 is 1.64 bits per heavy atom. The lowest BCUT2D eigenvalue weighted by Crippen LogP contribution is -2.58. The Hall–Kier alpha value is -0.830. The van der Waals surface area contributed by atoms with Crippen molar-refractivity contribution in [1.82, 2.24) is 0 Å². The molecule has 1 aliphatic rings. The van der Waals surface area contributed by atoms with Crippen molar-refractivity contribution < 1.29 is 9.69 Å². The third-order valence-corrected chi connectivity index (χ3v) is 3.50. The van der Waals surface area contributed by atoms with Crippen LogP contribution in [0.25, 0.3) is 0 Å². The molecule has 14 heavy (non-hydrogen) atoms.